The summed E-state index contributed by atoms with van der Waals surface area (Å²) in [5.74, 6) is 0.862. The first-order valence-electron chi connectivity index (χ1n) is 8.14. The van der Waals surface area contributed by atoms with E-state index in [9.17, 15) is 9.59 Å². The molecule has 26 heavy (non-hydrogen) atoms. The summed E-state index contributed by atoms with van der Waals surface area (Å²) in [6.45, 7) is 1.79. The van der Waals surface area contributed by atoms with Crippen LogP contribution in [0.2, 0.25) is 0 Å². The van der Waals surface area contributed by atoms with E-state index in [1.165, 1.54) is 12.0 Å². The van der Waals surface area contributed by atoms with Crippen LogP contribution in [-0.2, 0) is 9.53 Å². The number of nitrogens with one attached hydrogen (secondary N) is 1. The van der Waals surface area contributed by atoms with Crippen molar-refractivity contribution in [1.82, 2.24) is 0 Å². The highest BCUT2D eigenvalue weighted by molar-refractivity contribution is 5.95. The van der Waals surface area contributed by atoms with Crippen LogP contribution in [0.3, 0.4) is 0 Å². The second-order valence-electron chi connectivity index (χ2n) is 5.87. The Morgan fingerprint density at radius 2 is 1.65 bits per heavy atom. The Balaban J connectivity index is 1.67. The number of methoxy groups -OCH3 is 1. The Labute approximate surface area is 151 Å². The number of fused-ring (bicyclic) bond motifs is 1. The van der Waals surface area contributed by atoms with Crippen molar-refractivity contribution in [1.29, 1.82) is 0 Å². The molecule has 2 aromatic rings. The number of hydrogen-bond donors (Lipinski definition) is 1. The Morgan fingerprint density at radius 1 is 1.04 bits per heavy atom. The quantitative estimate of drug-likeness (QED) is 0.915. The summed E-state index contributed by atoms with van der Waals surface area (Å²) >= 11 is 0. The Morgan fingerprint density at radius 3 is 2.27 bits per heavy atom. The molecule has 0 saturated heterocycles. The topological polar surface area (TPSA) is 77.1 Å². The van der Waals surface area contributed by atoms with Gasteiger partial charge >= 0.3 is 6.09 Å². The third-order valence-electron chi connectivity index (χ3n) is 4.07. The van der Waals surface area contributed by atoms with Gasteiger partial charge in [-0.1, -0.05) is 12.1 Å². The van der Waals surface area contributed by atoms with Crippen LogP contribution in [0.5, 0.6) is 11.5 Å². The van der Waals surface area contributed by atoms with E-state index < -0.39 is 18.3 Å². The van der Waals surface area contributed by atoms with Crippen LogP contribution in [0, 0.1) is 0 Å². The molecule has 1 N–H and O–H groups in total. The molecule has 136 valence electrons. The SMILES string of the molecule is COC(=O)N(C)c1ccc(NC(=O)[C@H]2Oc3ccccc3O[C@@H]2C)cc1. The van der Waals surface area contributed by atoms with E-state index in [4.69, 9.17) is 9.47 Å². The molecule has 2 atom stereocenters. The molecule has 7 heteroatoms. The summed E-state index contributed by atoms with van der Waals surface area (Å²) in [4.78, 5) is 25.4. The number of para-hydroxylation sites is 2. The van der Waals surface area contributed by atoms with E-state index >= 15 is 0 Å². The number of hydrogen-bond acceptors (Lipinski definition) is 5. The molecule has 0 aliphatic carbocycles. The zero-order chi connectivity index (χ0) is 18.7. The number of nitrogens with zero attached hydrogens (tertiary/aromatic N) is 1. The van der Waals surface area contributed by atoms with Crippen molar-refractivity contribution in [2.45, 2.75) is 19.1 Å². The summed E-state index contributed by atoms with van der Waals surface area (Å²) in [6, 6.07) is 14.1. The summed E-state index contributed by atoms with van der Waals surface area (Å²) in [5, 5.41) is 2.80. The fourth-order valence-electron chi connectivity index (χ4n) is 2.63. The lowest BCUT2D eigenvalue weighted by Gasteiger charge is -2.31. The van der Waals surface area contributed by atoms with E-state index in [0.29, 0.717) is 22.9 Å². The zero-order valence-corrected chi connectivity index (χ0v) is 14.8. The van der Waals surface area contributed by atoms with Crippen LogP contribution in [0.15, 0.2) is 48.5 Å². The minimum Gasteiger partial charge on any atom is -0.482 e. The predicted octanol–water partition coefficient (Wildman–Crippen LogP) is 3.06. The molecule has 0 bridgehead atoms. The summed E-state index contributed by atoms with van der Waals surface area (Å²) < 4.78 is 16.2. The second-order valence-corrected chi connectivity index (χ2v) is 5.87. The van der Waals surface area contributed by atoms with Crippen molar-refractivity contribution >= 4 is 23.4 Å². The normalized spacial score (nSPS) is 18.0. The Kier molecular flexibility index (Phi) is 4.97. The van der Waals surface area contributed by atoms with Crippen molar-refractivity contribution in [2.24, 2.45) is 0 Å². The minimum atomic E-state index is -0.762. The van der Waals surface area contributed by atoms with Crippen molar-refractivity contribution in [2.75, 3.05) is 24.4 Å². The first-order chi connectivity index (χ1) is 12.5. The Bertz CT molecular complexity index is 806. The van der Waals surface area contributed by atoms with Crippen LogP contribution in [0.4, 0.5) is 16.2 Å². The summed E-state index contributed by atoms with van der Waals surface area (Å²) in [6.07, 6.45) is -1.65. The van der Waals surface area contributed by atoms with Gasteiger partial charge < -0.3 is 19.5 Å². The standard InChI is InChI=1S/C19H20N2O5/c1-12-17(26-16-7-5-4-6-15(16)25-12)18(22)20-13-8-10-14(11-9-13)21(2)19(23)24-3/h4-12,17H,1-3H3,(H,20,22)/t12-,17+/m1/s1. The lowest BCUT2D eigenvalue weighted by molar-refractivity contribution is -0.128. The van der Waals surface area contributed by atoms with Crippen LogP contribution in [-0.4, -0.2) is 38.4 Å². The maximum absolute atomic E-state index is 12.6. The van der Waals surface area contributed by atoms with E-state index in [2.05, 4.69) is 10.1 Å². The fourth-order valence-corrected chi connectivity index (χ4v) is 2.63. The molecule has 0 radical (unpaired) electrons. The van der Waals surface area contributed by atoms with Crippen molar-refractivity contribution in [3.63, 3.8) is 0 Å². The van der Waals surface area contributed by atoms with Crippen LogP contribution < -0.4 is 19.7 Å². The Hall–Kier alpha value is -3.22. The molecule has 2 aromatic carbocycles. The molecule has 0 fully saturated rings. The number of carbonyl (C=O) groups excluding carboxylic acids is 2. The third kappa shape index (κ3) is 3.56. The molecule has 0 spiro atoms. The van der Waals surface area contributed by atoms with Crippen molar-refractivity contribution in [3.05, 3.63) is 48.5 Å². The molecule has 3 rings (SSSR count). The average Bonchev–Trinajstić information content (AvgIpc) is 2.66. The first-order valence-corrected chi connectivity index (χ1v) is 8.14. The molecule has 0 aromatic heterocycles. The van der Waals surface area contributed by atoms with Crippen molar-refractivity contribution < 1.29 is 23.8 Å². The van der Waals surface area contributed by atoms with Gasteiger partial charge in [-0.2, -0.15) is 0 Å². The van der Waals surface area contributed by atoms with Crippen molar-refractivity contribution in [3.8, 4) is 11.5 Å². The highest BCUT2D eigenvalue weighted by atomic mass is 16.6. The van der Waals surface area contributed by atoms with Gasteiger partial charge in [-0.05, 0) is 43.3 Å². The van der Waals surface area contributed by atoms with E-state index in [-0.39, 0.29) is 5.91 Å². The van der Waals surface area contributed by atoms with Gasteiger partial charge in [-0.25, -0.2) is 4.79 Å². The fraction of sp³-hybridized carbons (Fsp3) is 0.263. The lowest BCUT2D eigenvalue weighted by atomic mass is 10.1. The largest absolute Gasteiger partial charge is 0.482 e. The van der Waals surface area contributed by atoms with E-state index in [1.54, 1.807) is 50.4 Å². The third-order valence-corrected chi connectivity index (χ3v) is 4.07. The molecular weight excluding hydrogens is 336 g/mol. The molecule has 7 nitrogen and oxygen atoms in total. The highest BCUT2D eigenvalue weighted by Crippen LogP contribution is 2.33. The van der Waals surface area contributed by atoms with Crippen LogP contribution in [0.25, 0.3) is 0 Å². The lowest BCUT2D eigenvalue weighted by Crippen LogP contribution is -2.46. The van der Waals surface area contributed by atoms with Gasteiger partial charge in [0.15, 0.2) is 11.5 Å². The molecular formula is C19H20N2O5. The van der Waals surface area contributed by atoms with E-state index in [0.717, 1.165) is 0 Å². The highest BCUT2D eigenvalue weighted by Gasteiger charge is 2.34. The predicted molar refractivity (Wildman–Crippen MR) is 96.8 cm³/mol. The van der Waals surface area contributed by atoms with Gasteiger partial charge in [0.05, 0.1) is 7.11 Å². The van der Waals surface area contributed by atoms with Crippen LogP contribution in [0.1, 0.15) is 6.92 Å². The molecule has 0 saturated carbocycles. The monoisotopic (exact) mass is 356 g/mol. The number of rotatable bonds is 3. The maximum atomic E-state index is 12.6. The summed E-state index contributed by atoms with van der Waals surface area (Å²) in [5.41, 5.74) is 1.24. The minimum absolute atomic E-state index is 0.305. The van der Waals surface area contributed by atoms with Gasteiger partial charge in [0.1, 0.15) is 6.10 Å². The molecule has 1 aliphatic heterocycles. The van der Waals surface area contributed by atoms with Gasteiger partial charge in [0, 0.05) is 18.4 Å². The number of carbonyl (C=O) groups is 2. The van der Waals surface area contributed by atoms with Crippen LogP contribution >= 0.6 is 0 Å². The van der Waals surface area contributed by atoms with Gasteiger partial charge in [0.25, 0.3) is 5.91 Å². The average molecular weight is 356 g/mol. The smallest absolute Gasteiger partial charge is 0.413 e. The van der Waals surface area contributed by atoms with Gasteiger partial charge in [-0.3, -0.25) is 9.69 Å². The van der Waals surface area contributed by atoms with Gasteiger partial charge in [0.2, 0.25) is 6.10 Å². The molecule has 2 amide bonds. The number of amides is 2. The molecule has 0 unspecified atom stereocenters. The maximum Gasteiger partial charge on any atom is 0.413 e. The van der Waals surface area contributed by atoms with Gasteiger partial charge in [-0.15, -0.1) is 0 Å². The first kappa shape index (κ1) is 17.6. The molecule has 1 aliphatic rings. The van der Waals surface area contributed by atoms with E-state index in [1.807, 2.05) is 12.1 Å². The number of anilines is 2. The molecule has 1 heterocycles. The summed E-state index contributed by atoms with van der Waals surface area (Å²) in [7, 11) is 2.92. The zero-order valence-electron chi connectivity index (χ0n) is 14.8. The number of benzene rings is 2. The number of ether oxygens (including phenoxy) is 3. The second kappa shape index (κ2) is 7.35.